The summed E-state index contributed by atoms with van der Waals surface area (Å²) in [6.45, 7) is 7.64. The van der Waals surface area contributed by atoms with Crippen LogP contribution in [0.15, 0.2) is 22.1 Å². The van der Waals surface area contributed by atoms with Crippen LogP contribution in [0.5, 0.6) is 0 Å². The first kappa shape index (κ1) is 21.7. The van der Waals surface area contributed by atoms with Crippen LogP contribution < -0.4 is 10.6 Å². The first-order valence-corrected chi connectivity index (χ1v) is 11.0. The summed E-state index contributed by atoms with van der Waals surface area (Å²) < 4.78 is 5.88. The molecule has 0 bridgehead atoms. The number of aliphatic imine (C=N–C) groups is 2. The van der Waals surface area contributed by atoms with Gasteiger partial charge >= 0.3 is 12.0 Å². The molecule has 2 heterocycles. The van der Waals surface area contributed by atoms with Crippen molar-refractivity contribution in [3.8, 4) is 0 Å². The van der Waals surface area contributed by atoms with E-state index in [-0.39, 0.29) is 22.8 Å². The molecule has 1 fully saturated rings. The van der Waals surface area contributed by atoms with Crippen molar-refractivity contribution in [2.24, 2.45) is 21.3 Å². The van der Waals surface area contributed by atoms with E-state index in [0.29, 0.717) is 37.0 Å². The molecular formula is C20H30N4O4S. The second-order valence-electron chi connectivity index (χ2n) is 8.75. The highest BCUT2D eigenvalue weighted by Gasteiger charge is 2.33. The van der Waals surface area contributed by atoms with Crippen LogP contribution >= 0.6 is 11.8 Å². The van der Waals surface area contributed by atoms with E-state index in [2.05, 4.69) is 41.4 Å². The largest absolute Gasteiger partial charge is 0.481 e. The van der Waals surface area contributed by atoms with Crippen molar-refractivity contribution >= 4 is 34.8 Å². The van der Waals surface area contributed by atoms with Gasteiger partial charge in [0.15, 0.2) is 5.17 Å². The Bertz CT molecular complexity index is 728. The quantitative estimate of drug-likeness (QED) is 0.645. The topological polar surface area (TPSA) is 112 Å². The lowest BCUT2D eigenvalue weighted by Crippen LogP contribution is -2.49. The minimum absolute atomic E-state index is 0.0484. The number of urea groups is 1. The molecule has 29 heavy (non-hydrogen) atoms. The second-order valence-corrected chi connectivity index (χ2v) is 9.97. The zero-order chi connectivity index (χ0) is 21.0. The molecule has 2 amide bonds. The molecule has 1 saturated carbocycles. The molecule has 0 aromatic rings. The van der Waals surface area contributed by atoms with Crippen molar-refractivity contribution in [1.82, 2.24) is 10.6 Å². The number of aliphatic carboxylic acids is 1. The zero-order valence-corrected chi connectivity index (χ0v) is 18.0. The van der Waals surface area contributed by atoms with E-state index in [1.54, 1.807) is 0 Å². The van der Waals surface area contributed by atoms with Crippen LogP contribution in [-0.4, -0.2) is 58.7 Å². The van der Waals surface area contributed by atoms with E-state index >= 15 is 0 Å². The number of ether oxygens (including phenoxy) is 1. The van der Waals surface area contributed by atoms with Crippen LogP contribution in [0.4, 0.5) is 4.79 Å². The number of thioether (sulfide) groups is 1. The van der Waals surface area contributed by atoms with Gasteiger partial charge in [0, 0.05) is 11.5 Å². The Morgan fingerprint density at radius 1 is 1.21 bits per heavy atom. The summed E-state index contributed by atoms with van der Waals surface area (Å²) in [6, 6.07) is -0.729. The van der Waals surface area contributed by atoms with Gasteiger partial charge in [-0.05, 0) is 18.9 Å². The summed E-state index contributed by atoms with van der Waals surface area (Å²) in [7, 11) is 0. The van der Waals surface area contributed by atoms with Gasteiger partial charge in [0.05, 0.1) is 24.3 Å². The van der Waals surface area contributed by atoms with Gasteiger partial charge < -0.3 is 15.2 Å². The summed E-state index contributed by atoms with van der Waals surface area (Å²) in [6.07, 6.45) is 7.06. The van der Waals surface area contributed by atoms with Crippen LogP contribution in [0, 0.1) is 11.3 Å². The third kappa shape index (κ3) is 5.98. The number of hydrogen-bond donors (Lipinski definition) is 3. The number of amidine groups is 1. The van der Waals surface area contributed by atoms with Crippen molar-refractivity contribution in [3.05, 3.63) is 12.2 Å². The Labute approximate surface area is 175 Å². The minimum atomic E-state index is -0.849. The predicted molar refractivity (Wildman–Crippen MR) is 115 cm³/mol. The van der Waals surface area contributed by atoms with Gasteiger partial charge in [-0.25, -0.2) is 9.79 Å². The molecule has 8 nitrogen and oxygen atoms in total. The zero-order valence-electron chi connectivity index (χ0n) is 17.2. The highest BCUT2D eigenvalue weighted by molar-refractivity contribution is 8.14. The van der Waals surface area contributed by atoms with Crippen molar-refractivity contribution in [1.29, 1.82) is 0 Å². The lowest BCUT2D eigenvalue weighted by atomic mass is 9.84. The van der Waals surface area contributed by atoms with E-state index < -0.39 is 17.9 Å². The maximum absolute atomic E-state index is 12.3. The molecule has 0 aromatic carbocycles. The number of nitrogens with one attached hydrogen (secondary N) is 2. The van der Waals surface area contributed by atoms with Crippen LogP contribution in [0.25, 0.3) is 0 Å². The molecule has 3 N–H and O–H groups in total. The number of carbonyl (C=O) groups is 2. The van der Waals surface area contributed by atoms with E-state index in [1.807, 2.05) is 12.2 Å². The average Bonchev–Trinajstić information content (AvgIpc) is 3.29. The first-order valence-electron chi connectivity index (χ1n) is 10.1. The molecule has 0 saturated heterocycles. The molecule has 0 aromatic heterocycles. The molecule has 9 heteroatoms. The van der Waals surface area contributed by atoms with E-state index in [0.717, 1.165) is 12.8 Å². The van der Waals surface area contributed by atoms with Crippen LogP contribution in [0.2, 0.25) is 0 Å². The Balaban J connectivity index is 1.43. The maximum Gasteiger partial charge on any atom is 0.321 e. The summed E-state index contributed by atoms with van der Waals surface area (Å²) in [5.41, 5.74) is 0.0484. The first-order chi connectivity index (χ1) is 13.7. The highest BCUT2D eigenvalue weighted by atomic mass is 32.2. The number of amides is 2. The third-order valence-electron chi connectivity index (χ3n) is 5.39. The fraction of sp³-hybridized carbons (Fsp3) is 0.700. The number of carbonyl (C=O) groups excluding carboxylic acids is 1. The van der Waals surface area contributed by atoms with Crippen LogP contribution in [-0.2, 0) is 9.53 Å². The highest BCUT2D eigenvalue weighted by Crippen LogP contribution is 2.27. The molecule has 4 atom stereocenters. The fourth-order valence-corrected chi connectivity index (χ4v) is 4.48. The number of nitrogens with zero attached hydrogens (tertiary/aromatic N) is 2. The number of rotatable bonds is 4. The van der Waals surface area contributed by atoms with Gasteiger partial charge in [0.2, 0.25) is 5.90 Å². The van der Waals surface area contributed by atoms with Crippen LogP contribution in [0.1, 0.15) is 46.5 Å². The minimum Gasteiger partial charge on any atom is -0.481 e. The standard InChI is InChI=1S/C20H30N4O4S/c1-20(2,3)15-11-21-16(28-15)9-8-12-10-22-19(29-12)24-18(27)23-14-7-5-4-6-13(14)17(25)26/h8-9,12-15H,4-7,10-11H2,1-3H3,(H,25,26)(H2,22,23,24,27)/b9-8+/t12?,13-,14?,15?/m1/s1. The van der Waals surface area contributed by atoms with Gasteiger partial charge in [-0.1, -0.05) is 51.5 Å². The van der Waals surface area contributed by atoms with Crippen molar-refractivity contribution in [2.45, 2.75) is 63.9 Å². The van der Waals surface area contributed by atoms with Crippen molar-refractivity contribution in [2.75, 3.05) is 13.1 Å². The molecule has 1 aliphatic carbocycles. The lowest BCUT2D eigenvalue weighted by Gasteiger charge is -2.29. The summed E-state index contributed by atoms with van der Waals surface area (Å²) in [5, 5.41) is 15.5. The van der Waals surface area contributed by atoms with Gasteiger partial charge in [-0.2, -0.15) is 0 Å². The number of carboxylic acids is 1. The molecule has 2 aliphatic heterocycles. The van der Waals surface area contributed by atoms with Gasteiger partial charge in [0.25, 0.3) is 0 Å². The molecule has 3 aliphatic rings. The number of hydrogen-bond acceptors (Lipinski definition) is 6. The second kappa shape index (κ2) is 9.19. The summed E-state index contributed by atoms with van der Waals surface area (Å²) >= 11 is 1.46. The Morgan fingerprint density at radius 3 is 2.66 bits per heavy atom. The Morgan fingerprint density at radius 2 is 1.97 bits per heavy atom. The van der Waals surface area contributed by atoms with E-state index in [4.69, 9.17) is 4.74 Å². The lowest BCUT2D eigenvalue weighted by molar-refractivity contribution is -0.143. The van der Waals surface area contributed by atoms with E-state index in [1.165, 1.54) is 11.8 Å². The average molecular weight is 423 g/mol. The predicted octanol–water partition coefficient (Wildman–Crippen LogP) is 2.80. The monoisotopic (exact) mass is 422 g/mol. The van der Waals surface area contributed by atoms with Gasteiger partial charge in [0.1, 0.15) is 6.10 Å². The maximum atomic E-state index is 12.3. The summed E-state index contributed by atoms with van der Waals surface area (Å²) in [4.78, 5) is 32.4. The summed E-state index contributed by atoms with van der Waals surface area (Å²) in [5.74, 6) is -0.729. The van der Waals surface area contributed by atoms with Gasteiger partial charge in [-0.15, -0.1) is 0 Å². The third-order valence-corrected chi connectivity index (χ3v) is 6.46. The number of carboxylic acid groups (broad SMARTS) is 1. The van der Waals surface area contributed by atoms with E-state index in [9.17, 15) is 14.7 Å². The molecule has 3 unspecified atom stereocenters. The molecular weight excluding hydrogens is 392 g/mol. The fourth-order valence-electron chi connectivity index (χ4n) is 3.59. The SMILES string of the molecule is CC(C)(C)C1CN=C(/C=C/C2CN=C(NC(=O)NC3CCCC[C@H]3C(=O)O)S2)O1. The van der Waals surface area contributed by atoms with Gasteiger partial charge in [-0.3, -0.25) is 15.1 Å². The smallest absolute Gasteiger partial charge is 0.321 e. The van der Waals surface area contributed by atoms with Crippen LogP contribution in [0.3, 0.4) is 0 Å². The Kier molecular flexibility index (Phi) is 6.87. The molecule has 0 spiro atoms. The Hall–Kier alpha value is -2.03. The normalized spacial score (nSPS) is 29.9. The van der Waals surface area contributed by atoms with Crippen molar-refractivity contribution < 1.29 is 19.4 Å². The van der Waals surface area contributed by atoms with Crippen molar-refractivity contribution in [3.63, 3.8) is 0 Å². The molecule has 0 radical (unpaired) electrons. The molecule has 160 valence electrons. The molecule has 3 rings (SSSR count).